The van der Waals surface area contributed by atoms with Crippen LogP contribution in [0.25, 0.3) is 0 Å². The van der Waals surface area contributed by atoms with Crippen LogP contribution in [-0.2, 0) is 18.0 Å². The molecule has 0 aromatic heterocycles. The Bertz CT molecular complexity index is 214. The third-order valence-corrected chi connectivity index (χ3v) is 6.11. The van der Waals surface area contributed by atoms with E-state index in [9.17, 15) is 4.79 Å². The highest BCUT2D eigenvalue weighted by Crippen LogP contribution is 2.32. The van der Waals surface area contributed by atoms with Gasteiger partial charge in [0, 0.05) is 21.3 Å². The van der Waals surface area contributed by atoms with Crippen molar-refractivity contribution in [2.24, 2.45) is 5.73 Å². The van der Waals surface area contributed by atoms with Crippen LogP contribution >= 0.6 is 0 Å². The molecule has 0 radical (unpaired) electrons. The van der Waals surface area contributed by atoms with Gasteiger partial charge >= 0.3 is 14.9 Å². The molecule has 2 N–H and O–H groups in total. The van der Waals surface area contributed by atoms with Gasteiger partial charge in [0.15, 0.2) is 0 Å². The van der Waals surface area contributed by atoms with Gasteiger partial charge in [-0.1, -0.05) is 6.92 Å². The van der Waals surface area contributed by atoms with Crippen molar-refractivity contribution < 1.29 is 22.8 Å². The Hall–Kier alpha value is -0.633. The van der Waals surface area contributed by atoms with Crippen LogP contribution in [0.1, 0.15) is 20.3 Å². The van der Waals surface area contributed by atoms with Gasteiger partial charge in [0.25, 0.3) is 0 Å². The number of primary amides is 1. The standard InChI is InChI=1S/C9H21NO5Si/c1-6-8(7(2)15-9(10)11)16(12-3,13-4)14-5/h7-8H,6H2,1-5H3,(H2,10,11). The zero-order valence-electron chi connectivity index (χ0n) is 10.5. The summed E-state index contributed by atoms with van der Waals surface area (Å²) in [6.07, 6.45) is -0.512. The molecule has 0 spiro atoms. The highest BCUT2D eigenvalue weighted by atomic mass is 28.4. The van der Waals surface area contributed by atoms with E-state index in [1.807, 2.05) is 6.92 Å². The van der Waals surface area contributed by atoms with Crippen LogP contribution in [0, 0.1) is 0 Å². The third-order valence-electron chi connectivity index (χ3n) is 2.62. The first-order chi connectivity index (χ1) is 7.47. The number of rotatable bonds is 7. The molecule has 0 heterocycles. The van der Waals surface area contributed by atoms with Crippen LogP contribution < -0.4 is 5.73 Å². The Balaban J connectivity index is 4.85. The Kier molecular flexibility index (Phi) is 6.57. The summed E-state index contributed by atoms with van der Waals surface area (Å²) in [6.45, 7) is 3.70. The van der Waals surface area contributed by atoms with Crippen molar-refractivity contribution in [1.82, 2.24) is 0 Å². The molecule has 6 nitrogen and oxygen atoms in total. The molecule has 2 atom stereocenters. The number of carbonyl (C=O) groups excluding carboxylic acids is 1. The second-order valence-electron chi connectivity index (χ2n) is 3.37. The number of amides is 1. The zero-order chi connectivity index (χ0) is 12.8. The average Bonchev–Trinajstić information content (AvgIpc) is 2.24. The fourth-order valence-corrected chi connectivity index (χ4v) is 4.39. The molecule has 0 bridgehead atoms. The van der Waals surface area contributed by atoms with Crippen LogP contribution in [0.5, 0.6) is 0 Å². The predicted octanol–water partition coefficient (Wildman–Crippen LogP) is 1.13. The molecular weight excluding hydrogens is 230 g/mol. The van der Waals surface area contributed by atoms with Crippen molar-refractivity contribution in [2.75, 3.05) is 21.3 Å². The van der Waals surface area contributed by atoms with Crippen molar-refractivity contribution >= 4 is 14.9 Å². The molecular formula is C9H21NO5Si. The van der Waals surface area contributed by atoms with Gasteiger partial charge in [-0.25, -0.2) is 4.79 Å². The molecule has 0 fully saturated rings. The molecule has 0 saturated carbocycles. The van der Waals surface area contributed by atoms with Crippen LogP contribution in [0.15, 0.2) is 0 Å². The molecule has 1 amide bonds. The first-order valence-corrected chi connectivity index (χ1v) is 6.89. The van der Waals surface area contributed by atoms with Gasteiger partial charge in [-0.15, -0.1) is 0 Å². The van der Waals surface area contributed by atoms with E-state index in [-0.39, 0.29) is 5.54 Å². The van der Waals surface area contributed by atoms with Crippen LogP contribution in [0.2, 0.25) is 5.54 Å². The molecule has 0 aliphatic carbocycles. The Morgan fingerprint density at radius 3 is 1.94 bits per heavy atom. The van der Waals surface area contributed by atoms with Crippen LogP contribution in [0.4, 0.5) is 4.79 Å². The smallest absolute Gasteiger partial charge is 0.446 e. The second-order valence-corrected chi connectivity index (χ2v) is 6.55. The lowest BCUT2D eigenvalue weighted by Gasteiger charge is -2.34. The van der Waals surface area contributed by atoms with Crippen molar-refractivity contribution in [1.29, 1.82) is 0 Å². The van der Waals surface area contributed by atoms with E-state index in [4.69, 9.17) is 23.7 Å². The normalized spacial score (nSPS) is 15.6. The maximum Gasteiger partial charge on any atom is 0.507 e. The molecule has 0 aromatic rings. The molecule has 16 heavy (non-hydrogen) atoms. The van der Waals surface area contributed by atoms with Gasteiger partial charge in [0.2, 0.25) is 0 Å². The summed E-state index contributed by atoms with van der Waals surface area (Å²) in [7, 11) is 1.77. The van der Waals surface area contributed by atoms with Gasteiger partial charge in [-0.3, -0.25) is 0 Å². The van der Waals surface area contributed by atoms with Gasteiger partial charge in [0.05, 0.1) is 5.54 Å². The van der Waals surface area contributed by atoms with E-state index in [1.165, 1.54) is 21.3 Å². The summed E-state index contributed by atoms with van der Waals surface area (Å²) in [5, 5.41) is 0. The van der Waals surface area contributed by atoms with E-state index in [0.717, 1.165) is 0 Å². The topological polar surface area (TPSA) is 80.0 Å². The minimum Gasteiger partial charge on any atom is -0.446 e. The molecule has 0 saturated heterocycles. The summed E-state index contributed by atoms with van der Waals surface area (Å²) in [6, 6.07) is 0. The van der Waals surface area contributed by atoms with E-state index in [2.05, 4.69) is 0 Å². The molecule has 0 aliphatic rings. The highest BCUT2D eigenvalue weighted by Gasteiger charge is 2.50. The Morgan fingerprint density at radius 1 is 1.25 bits per heavy atom. The number of hydrogen-bond donors (Lipinski definition) is 1. The number of nitrogens with two attached hydrogens (primary N) is 1. The van der Waals surface area contributed by atoms with E-state index in [0.29, 0.717) is 6.42 Å². The molecule has 0 rings (SSSR count). The summed E-state index contributed by atoms with van der Waals surface area (Å²) in [5.41, 5.74) is 4.85. The quantitative estimate of drug-likeness (QED) is 0.686. The molecule has 7 heteroatoms. The molecule has 96 valence electrons. The van der Waals surface area contributed by atoms with Gasteiger partial charge in [-0.2, -0.15) is 0 Å². The second kappa shape index (κ2) is 6.84. The van der Waals surface area contributed by atoms with Crippen LogP contribution in [0.3, 0.4) is 0 Å². The van der Waals surface area contributed by atoms with Crippen molar-refractivity contribution in [2.45, 2.75) is 31.9 Å². The summed E-state index contributed by atoms with van der Waals surface area (Å²) < 4.78 is 21.0. The summed E-state index contributed by atoms with van der Waals surface area (Å²) in [4.78, 5) is 10.7. The van der Waals surface area contributed by atoms with E-state index in [1.54, 1.807) is 6.92 Å². The summed E-state index contributed by atoms with van der Waals surface area (Å²) in [5.74, 6) is 0. The monoisotopic (exact) mass is 251 g/mol. The molecule has 0 aliphatic heterocycles. The Morgan fingerprint density at radius 2 is 1.69 bits per heavy atom. The number of hydrogen-bond acceptors (Lipinski definition) is 5. The summed E-state index contributed by atoms with van der Waals surface area (Å²) >= 11 is 0. The molecule has 0 aromatic carbocycles. The predicted molar refractivity (Wildman–Crippen MR) is 61.0 cm³/mol. The lowest BCUT2D eigenvalue weighted by Crippen LogP contribution is -2.51. The number of carbonyl (C=O) groups is 1. The SMILES string of the molecule is CCC(C(C)OC(N)=O)[Si](OC)(OC)OC. The van der Waals surface area contributed by atoms with Crippen LogP contribution in [-0.4, -0.2) is 42.3 Å². The first kappa shape index (κ1) is 15.4. The molecule has 2 unspecified atom stereocenters. The lowest BCUT2D eigenvalue weighted by atomic mass is 10.2. The lowest BCUT2D eigenvalue weighted by molar-refractivity contribution is 0.0620. The fourth-order valence-electron chi connectivity index (χ4n) is 1.84. The van der Waals surface area contributed by atoms with Crippen molar-refractivity contribution in [3.8, 4) is 0 Å². The Labute approximate surface area is 97.4 Å². The zero-order valence-corrected chi connectivity index (χ0v) is 11.5. The van der Waals surface area contributed by atoms with E-state index < -0.39 is 21.0 Å². The number of ether oxygens (including phenoxy) is 1. The maximum absolute atomic E-state index is 10.7. The van der Waals surface area contributed by atoms with Crippen molar-refractivity contribution in [3.63, 3.8) is 0 Å². The van der Waals surface area contributed by atoms with Gasteiger partial charge in [0.1, 0.15) is 6.10 Å². The minimum absolute atomic E-state index is 0.139. The largest absolute Gasteiger partial charge is 0.507 e. The average molecular weight is 251 g/mol. The van der Waals surface area contributed by atoms with Crippen molar-refractivity contribution in [3.05, 3.63) is 0 Å². The van der Waals surface area contributed by atoms with E-state index >= 15 is 0 Å². The van der Waals surface area contributed by atoms with Gasteiger partial charge in [-0.05, 0) is 13.3 Å². The maximum atomic E-state index is 10.7. The van der Waals surface area contributed by atoms with Gasteiger partial charge < -0.3 is 23.7 Å². The fraction of sp³-hybridized carbons (Fsp3) is 0.889. The minimum atomic E-state index is -2.81. The highest BCUT2D eigenvalue weighted by molar-refractivity contribution is 6.62. The first-order valence-electron chi connectivity index (χ1n) is 5.08. The third kappa shape index (κ3) is 3.44.